The third-order valence-electron chi connectivity index (χ3n) is 2.40. The fourth-order valence-electron chi connectivity index (χ4n) is 1.59. The summed E-state index contributed by atoms with van der Waals surface area (Å²) in [5, 5.41) is 15.7. The number of anilines is 2. The molecule has 0 amide bonds. The highest BCUT2D eigenvalue weighted by Crippen LogP contribution is 2.38. The molecule has 0 spiro atoms. The standard InChI is InChI=1S/C10H11N5O3S2/c1-20(16,17)9-8(12)6(4-11)19-10(9)13-3-2-7-14-5-15-18-7/h5,13H,2-3,12H2,1H3. The van der Waals surface area contributed by atoms with Crippen LogP contribution in [0.15, 0.2) is 15.7 Å². The second-order valence-corrected chi connectivity index (χ2v) is 6.87. The molecule has 2 heterocycles. The van der Waals surface area contributed by atoms with Crippen LogP contribution in [0.5, 0.6) is 0 Å². The summed E-state index contributed by atoms with van der Waals surface area (Å²) in [7, 11) is -3.52. The van der Waals surface area contributed by atoms with Gasteiger partial charge in [-0.3, -0.25) is 0 Å². The third kappa shape index (κ3) is 2.89. The predicted molar refractivity (Wildman–Crippen MR) is 73.0 cm³/mol. The summed E-state index contributed by atoms with van der Waals surface area (Å²) in [6.07, 6.45) is 2.77. The first-order chi connectivity index (χ1) is 9.43. The van der Waals surface area contributed by atoms with Gasteiger partial charge in [0.05, 0.1) is 5.69 Å². The molecule has 3 N–H and O–H groups in total. The van der Waals surface area contributed by atoms with Crippen LogP contribution in [0, 0.1) is 11.3 Å². The van der Waals surface area contributed by atoms with Crippen LogP contribution in [0.1, 0.15) is 10.8 Å². The summed E-state index contributed by atoms with van der Waals surface area (Å²) in [6, 6.07) is 1.88. The largest absolute Gasteiger partial charge is 0.396 e. The number of thiophene rings is 1. The second-order valence-electron chi connectivity index (χ2n) is 3.90. The molecule has 2 aromatic rings. The zero-order chi connectivity index (χ0) is 14.8. The molecule has 0 atom stereocenters. The summed E-state index contributed by atoms with van der Waals surface area (Å²) in [6.45, 7) is 0.384. The molecule has 0 fully saturated rings. The van der Waals surface area contributed by atoms with E-state index in [0.717, 1.165) is 17.6 Å². The van der Waals surface area contributed by atoms with Crippen LogP contribution in [0.25, 0.3) is 0 Å². The molecule has 0 aliphatic heterocycles. The van der Waals surface area contributed by atoms with Gasteiger partial charge in [-0.2, -0.15) is 10.2 Å². The monoisotopic (exact) mass is 313 g/mol. The Kier molecular flexibility index (Phi) is 3.91. The highest BCUT2D eigenvalue weighted by Gasteiger charge is 2.23. The number of hydrogen-bond donors (Lipinski definition) is 2. The van der Waals surface area contributed by atoms with E-state index in [4.69, 9.17) is 15.5 Å². The Balaban J connectivity index is 2.21. The number of sulfone groups is 1. The smallest absolute Gasteiger partial charge is 0.228 e. The van der Waals surface area contributed by atoms with Gasteiger partial charge in [0.2, 0.25) is 5.89 Å². The first-order valence-corrected chi connectivity index (χ1v) is 8.16. The average molecular weight is 313 g/mol. The van der Waals surface area contributed by atoms with E-state index < -0.39 is 9.84 Å². The number of aromatic nitrogens is 2. The number of nitrogens with one attached hydrogen (secondary N) is 1. The molecular weight excluding hydrogens is 302 g/mol. The van der Waals surface area contributed by atoms with Crippen molar-refractivity contribution >= 4 is 31.9 Å². The molecule has 0 bridgehead atoms. The SMILES string of the molecule is CS(=O)(=O)c1c(NCCc2ncno2)sc(C#N)c1N. The van der Waals surface area contributed by atoms with Crippen LogP contribution in [0.4, 0.5) is 10.7 Å². The minimum absolute atomic E-state index is 0.0136. The number of nitrogens with zero attached hydrogens (tertiary/aromatic N) is 3. The summed E-state index contributed by atoms with van der Waals surface area (Å²) < 4.78 is 28.3. The average Bonchev–Trinajstić information content (AvgIpc) is 2.96. The first-order valence-electron chi connectivity index (χ1n) is 5.45. The van der Waals surface area contributed by atoms with Crippen molar-refractivity contribution in [1.82, 2.24) is 10.1 Å². The number of nitrogen functional groups attached to an aromatic ring is 1. The van der Waals surface area contributed by atoms with Crippen molar-refractivity contribution < 1.29 is 12.9 Å². The van der Waals surface area contributed by atoms with E-state index in [1.165, 1.54) is 6.33 Å². The third-order valence-corrected chi connectivity index (χ3v) is 4.77. The van der Waals surface area contributed by atoms with E-state index in [9.17, 15) is 8.42 Å². The summed E-state index contributed by atoms with van der Waals surface area (Å²) in [5.74, 6) is 0.434. The van der Waals surface area contributed by atoms with Gasteiger partial charge in [-0.15, -0.1) is 11.3 Å². The molecule has 0 aromatic carbocycles. The van der Waals surface area contributed by atoms with E-state index in [0.29, 0.717) is 23.9 Å². The van der Waals surface area contributed by atoms with Gasteiger partial charge >= 0.3 is 0 Å². The van der Waals surface area contributed by atoms with Gasteiger partial charge < -0.3 is 15.6 Å². The van der Waals surface area contributed by atoms with E-state index >= 15 is 0 Å². The van der Waals surface area contributed by atoms with Crippen molar-refractivity contribution in [3.8, 4) is 6.07 Å². The number of hydrogen-bond acceptors (Lipinski definition) is 9. The van der Waals surface area contributed by atoms with Crippen molar-refractivity contribution in [2.45, 2.75) is 11.3 Å². The molecule has 0 unspecified atom stereocenters. The van der Waals surface area contributed by atoms with Crippen LogP contribution >= 0.6 is 11.3 Å². The van der Waals surface area contributed by atoms with Crippen LogP contribution < -0.4 is 11.1 Å². The van der Waals surface area contributed by atoms with Crippen LogP contribution in [0.3, 0.4) is 0 Å². The molecule has 0 saturated carbocycles. The molecule has 2 aromatic heterocycles. The van der Waals surface area contributed by atoms with E-state index in [1.807, 2.05) is 6.07 Å². The van der Waals surface area contributed by atoms with Crippen molar-refractivity contribution in [3.05, 3.63) is 17.1 Å². The molecule has 10 heteroatoms. The first kappa shape index (κ1) is 14.3. The van der Waals surface area contributed by atoms with Gasteiger partial charge in [0, 0.05) is 19.2 Å². The van der Waals surface area contributed by atoms with Gasteiger partial charge in [0.25, 0.3) is 0 Å². The molecule has 2 rings (SSSR count). The maximum atomic E-state index is 11.7. The number of nitrogens with two attached hydrogens (primary N) is 1. The zero-order valence-electron chi connectivity index (χ0n) is 10.5. The second kappa shape index (κ2) is 5.48. The van der Waals surface area contributed by atoms with Crippen LogP contribution in [-0.2, 0) is 16.3 Å². The normalized spacial score (nSPS) is 11.2. The predicted octanol–water partition coefficient (Wildman–Crippen LogP) is 0.643. The fourth-order valence-corrected chi connectivity index (χ4v) is 3.98. The van der Waals surface area contributed by atoms with Crippen molar-refractivity contribution in [2.75, 3.05) is 23.9 Å². The Hall–Kier alpha value is -2.12. The zero-order valence-corrected chi connectivity index (χ0v) is 12.1. The van der Waals surface area contributed by atoms with Crippen molar-refractivity contribution in [2.24, 2.45) is 0 Å². The van der Waals surface area contributed by atoms with Gasteiger partial charge in [-0.25, -0.2) is 8.42 Å². The lowest BCUT2D eigenvalue weighted by atomic mass is 10.4. The highest BCUT2D eigenvalue weighted by atomic mass is 32.2. The summed E-state index contributed by atoms with van der Waals surface area (Å²) in [5.41, 5.74) is 5.68. The van der Waals surface area contributed by atoms with Gasteiger partial charge in [-0.1, -0.05) is 5.16 Å². The maximum absolute atomic E-state index is 11.7. The van der Waals surface area contributed by atoms with E-state index in [-0.39, 0.29) is 15.5 Å². The highest BCUT2D eigenvalue weighted by molar-refractivity contribution is 7.91. The van der Waals surface area contributed by atoms with Crippen LogP contribution in [-0.4, -0.2) is 31.4 Å². The Morgan fingerprint density at radius 3 is 2.90 bits per heavy atom. The summed E-state index contributed by atoms with van der Waals surface area (Å²) in [4.78, 5) is 3.98. The summed E-state index contributed by atoms with van der Waals surface area (Å²) >= 11 is 1.01. The van der Waals surface area contributed by atoms with Crippen LogP contribution in [0.2, 0.25) is 0 Å². The Bertz CT molecular complexity index is 743. The Labute approximate surface area is 119 Å². The Morgan fingerprint density at radius 2 is 2.35 bits per heavy atom. The molecule has 106 valence electrons. The lowest BCUT2D eigenvalue weighted by Crippen LogP contribution is -2.08. The van der Waals surface area contributed by atoms with E-state index in [1.54, 1.807) is 0 Å². The molecule has 0 radical (unpaired) electrons. The Morgan fingerprint density at radius 1 is 1.60 bits per heavy atom. The van der Waals surface area contributed by atoms with Crippen molar-refractivity contribution in [3.63, 3.8) is 0 Å². The molecule has 0 aliphatic rings. The quantitative estimate of drug-likeness (QED) is 0.821. The fraction of sp³-hybridized carbons (Fsp3) is 0.300. The molecular formula is C10H11N5O3S2. The lowest BCUT2D eigenvalue weighted by Gasteiger charge is -2.05. The maximum Gasteiger partial charge on any atom is 0.228 e. The lowest BCUT2D eigenvalue weighted by molar-refractivity contribution is 0.380. The van der Waals surface area contributed by atoms with Crippen molar-refractivity contribution in [1.29, 1.82) is 5.26 Å². The molecule has 20 heavy (non-hydrogen) atoms. The van der Waals surface area contributed by atoms with Gasteiger partial charge in [0.15, 0.2) is 16.2 Å². The van der Waals surface area contributed by atoms with Gasteiger partial charge in [0.1, 0.15) is 20.8 Å². The van der Waals surface area contributed by atoms with E-state index in [2.05, 4.69) is 15.5 Å². The van der Waals surface area contributed by atoms with Gasteiger partial charge in [-0.05, 0) is 0 Å². The number of nitriles is 1. The molecule has 0 saturated heterocycles. The molecule has 8 nitrogen and oxygen atoms in total. The minimum Gasteiger partial charge on any atom is -0.396 e. The number of rotatable bonds is 5. The molecule has 0 aliphatic carbocycles. The topological polar surface area (TPSA) is 135 Å². The minimum atomic E-state index is -3.52.